The monoisotopic (exact) mass is 670 g/mol. The van der Waals surface area contributed by atoms with Gasteiger partial charge in [0.05, 0.1) is 85.9 Å². The Bertz CT molecular complexity index is 1270. The van der Waals surface area contributed by atoms with Crippen LogP contribution in [0.2, 0.25) is 0 Å². The second kappa shape index (κ2) is 22.4. The van der Waals surface area contributed by atoms with Gasteiger partial charge in [-0.25, -0.2) is 4.98 Å². The molecule has 0 amide bonds. The number of aromatic nitrogens is 1. The molecule has 0 aliphatic carbocycles. The number of halogens is 3. The summed E-state index contributed by atoms with van der Waals surface area (Å²) in [6.45, 7) is 3.51. The molecule has 0 N–H and O–H groups in total. The van der Waals surface area contributed by atoms with Crippen LogP contribution in [0.5, 0.6) is 5.75 Å². The smallest absolute Gasteiger partial charge is 0.411 e. The molecule has 11 nitrogen and oxygen atoms in total. The van der Waals surface area contributed by atoms with Crippen molar-refractivity contribution >= 4 is 28.9 Å². The van der Waals surface area contributed by atoms with E-state index in [1.54, 1.807) is 0 Å². The molecule has 0 aliphatic heterocycles. The Morgan fingerprint density at radius 3 is 1.62 bits per heavy atom. The third-order valence-electron chi connectivity index (χ3n) is 6.20. The molecular weight excluding hydrogens is 625 g/mol. The molecule has 0 saturated heterocycles. The van der Waals surface area contributed by atoms with E-state index in [0.717, 1.165) is 16.8 Å². The molecule has 0 atom stereocenters. The van der Waals surface area contributed by atoms with Crippen molar-refractivity contribution in [1.82, 2.24) is 4.98 Å². The predicted molar refractivity (Wildman–Crippen MR) is 171 cm³/mol. The third-order valence-corrected chi connectivity index (χ3v) is 6.20. The lowest BCUT2D eigenvalue weighted by molar-refractivity contribution is -0.176. The maximum absolute atomic E-state index is 11.9. The third kappa shape index (κ3) is 17.5. The minimum atomic E-state index is -4.32. The Morgan fingerprint density at radius 1 is 0.638 bits per heavy atom. The van der Waals surface area contributed by atoms with Crippen molar-refractivity contribution in [2.24, 2.45) is 0 Å². The molecule has 0 radical (unpaired) electrons. The number of hydrogen-bond acceptors (Lipinski definition) is 11. The second-order valence-corrected chi connectivity index (χ2v) is 10.2. The van der Waals surface area contributed by atoms with Crippen LogP contribution in [-0.2, 0) is 33.2 Å². The summed E-state index contributed by atoms with van der Waals surface area (Å²) >= 11 is 0. The highest BCUT2D eigenvalue weighted by atomic mass is 19.4. The van der Waals surface area contributed by atoms with Crippen LogP contribution in [0.3, 0.4) is 0 Å². The topological polar surface area (TPSA) is 103 Å². The molecule has 3 rings (SSSR count). The summed E-state index contributed by atoms with van der Waals surface area (Å²) in [5, 5.41) is 0. The summed E-state index contributed by atoms with van der Waals surface area (Å²) in [5.41, 5.74) is 3.61. The van der Waals surface area contributed by atoms with Crippen molar-refractivity contribution in [1.29, 1.82) is 0 Å². The van der Waals surface area contributed by atoms with Gasteiger partial charge in [-0.15, -0.1) is 0 Å². The quantitative estimate of drug-likeness (QED) is 0.106. The zero-order chi connectivity index (χ0) is 33.6. The summed E-state index contributed by atoms with van der Waals surface area (Å²) in [7, 11) is 4.02. The van der Waals surface area contributed by atoms with E-state index in [2.05, 4.69) is 26.8 Å². The van der Waals surface area contributed by atoms with Crippen molar-refractivity contribution < 1.29 is 55.5 Å². The molecule has 0 aliphatic rings. The molecule has 0 saturated carbocycles. The molecule has 47 heavy (non-hydrogen) atoms. The highest BCUT2D eigenvalue weighted by molar-refractivity contribution is 5.77. The summed E-state index contributed by atoms with van der Waals surface area (Å²) < 4.78 is 84.1. The lowest BCUT2D eigenvalue weighted by Crippen LogP contribution is -2.19. The van der Waals surface area contributed by atoms with Gasteiger partial charge < -0.3 is 47.2 Å². The Kier molecular flexibility index (Phi) is 18.2. The number of oxazole rings is 1. The average Bonchev–Trinajstić information content (AvgIpc) is 3.46. The number of ether oxygens (including phenoxy) is 8. The van der Waals surface area contributed by atoms with Crippen molar-refractivity contribution in [3.05, 3.63) is 53.9 Å². The van der Waals surface area contributed by atoms with E-state index < -0.39 is 12.8 Å². The first-order valence-corrected chi connectivity index (χ1v) is 15.4. The van der Waals surface area contributed by atoms with E-state index in [1.807, 2.05) is 56.6 Å². The van der Waals surface area contributed by atoms with Crippen LogP contribution in [-0.4, -0.2) is 124 Å². The first-order valence-electron chi connectivity index (χ1n) is 15.4. The zero-order valence-corrected chi connectivity index (χ0v) is 27.0. The number of alkyl halides is 3. The molecule has 3 aromatic rings. The molecule has 0 fully saturated rings. The van der Waals surface area contributed by atoms with Gasteiger partial charge in [-0.05, 0) is 35.9 Å². The Hall–Kier alpha value is -3.24. The first kappa shape index (κ1) is 38.2. The molecular formula is C33H45F3N2O9. The largest absolute Gasteiger partial charge is 0.491 e. The molecule has 0 spiro atoms. The number of benzene rings is 2. The van der Waals surface area contributed by atoms with E-state index in [9.17, 15) is 13.2 Å². The van der Waals surface area contributed by atoms with E-state index in [1.165, 1.54) is 0 Å². The van der Waals surface area contributed by atoms with E-state index in [4.69, 9.17) is 37.6 Å². The molecule has 2 aromatic carbocycles. The number of nitrogens with zero attached hydrogens (tertiary/aromatic N) is 2. The summed E-state index contributed by atoms with van der Waals surface area (Å²) in [5.74, 6) is 1.20. The molecule has 262 valence electrons. The number of fused-ring (bicyclic) bond motifs is 1. The fourth-order valence-corrected chi connectivity index (χ4v) is 3.86. The van der Waals surface area contributed by atoms with Gasteiger partial charge in [0.15, 0.2) is 5.58 Å². The van der Waals surface area contributed by atoms with Crippen molar-refractivity contribution in [3.8, 4) is 5.75 Å². The molecule has 1 heterocycles. The van der Waals surface area contributed by atoms with Crippen LogP contribution in [0, 0.1) is 0 Å². The number of rotatable bonds is 26. The van der Waals surface area contributed by atoms with Gasteiger partial charge in [0.2, 0.25) is 5.89 Å². The summed E-state index contributed by atoms with van der Waals surface area (Å²) in [6.07, 6.45) is -0.506. The first-order chi connectivity index (χ1) is 22.8. The van der Waals surface area contributed by atoms with Gasteiger partial charge in [0.1, 0.15) is 24.5 Å². The van der Waals surface area contributed by atoms with E-state index in [-0.39, 0.29) is 19.8 Å². The fourth-order valence-electron chi connectivity index (χ4n) is 3.86. The van der Waals surface area contributed by atoms with Gasteiger partial charge in [0, 0.05) is 31.9 Å². The fraction of sp³-hybridized carbons (Fsp3) is 0.545. The van der Waals surface area contributed by atoms with E-state index in [0.29, 0.717) is 89.9 Å². The average molecular weight is 671 g/mol. The maximum Gasteiger partial charge on any atom is 0.411 e. The molecule has 0 unspecified atom stereocenters. The van der Waals surface area contributed by atoms with Crippen LogP contribution in [0.1, 0.15) is 11.5 Å². The highest BCUT2D eigenvalue weighted by Crippen LogP contribution is 2.23. The van der Waals surface area contributed by atoms with Crippen LogP contribution in [0.25, 0.3) is 23.3 Å². The minimum absolute atomic E-state index is 0.0806. The Labute approximate surface area is 273 Å². The zero-order valence-electron chi connectivity index (χ0n) is 27.0. The maximum atomic E-state index is 11.9. The lowest BCUT2D eigenvalue weighted by Gasteiger charge is -2.11. The van der Waals surface area contributed by atoms with Gasteiger partial charge >= 0.3 is 6.18 Å². The van der Waals surface area contributed by atoms with Gasteiger partial charge in [-0.2, -0.15) is 13.2 Å². The van der Waals surface area contributed by atoms with E-state index >= 15 is 0 Å². The van der Waals surface area contributed by atoms with Crippen molar-refractivity contribution in [2.45, 2.75) is 6.18 Å². The summed E-state index contributed by atoms with van der Waals surface area (Å²) in [6, 6.07) is 13.8. The Balaban J connectivity index is 1.09. The van der Waals surface area contributed by atoms with Gasteiger partial charge in [0.25, 0.3) is 0 Å². The minimum Gasteiger partial charge on any atom is -0.491 e. The van der Waals surface area contributed by atoms with Crippen LogP contribution in [0.4, 0.5) is 18.9 Å². The standard InChI is InChI=1S/C33H45F3N2O9/c1-38(2)28-6-3-27(4-7-28)5-10-32-37-30-9-8-29(25-31(30)47-32)46-24-23-44-20-19-42-16-15-40-12-11-39-13-14-41-17-18-43-21-22-45-26-33(34,35)36/h3-10,25H,11-24,26H2,1-2H3/b10-5+/i34+0,35+0,36+0. The van der Waals surface area contributed by atoms with Crippen LogP contribution >= 0.6 is 0 Å². The van der Waals surface area contributed by atoms with Gasteiger partial charge in [-0.3, -0.25) is 0 Å². The number of hydrogen-bond donors (Lipinski definition) is 0. The predicted octanol–water partition coefficient (Wildman–Crippen LogP) is 5.12. The van der Waals surface area contributed by atoms with Crippen LogP contribution < -0.4 is 9.64 Å². The van der Waals surface area contributed by atoms with Crippen molar-refractivity contribution in [3.63, 3.8) is 0 Å². The lowest BCUT2D eigenvalue weighted by atomic mass is 10.2. The SMILES string of the molecule is CN(C)c1ccc(/C=C/c2nc3ccc(OCCOCCOCCOCCOCCOCCOCCOCC([19F])([19F])[19F])cc3o2)cc1. The van der Waals surface area contributed by atoms with Crippen molar-refractivity contribution in [2.75, 3.05) is 118 Å². The van der Waals surface area contributed by atoms with Gasteiger partial charge in [-0.1, -0.05) is 12.1 Å². The van der Waals surface area contributed by atoms with Crippen LogP contribution in [0.15, 0.2) is 46.9 Å². The Morgan fingerprint density at radius 2 is 1.13 bits per heavy atom. The normalized spacial score (nSPS) is 12.0. The molecule has 14 heteroatoms. The second-order valence-electron chi connectivity index (χ2n) is 10.2. The molecule has 0 bridgehead atoms. The molecule has 1 aromatic heterocycles. The number of anilines is 1. The highest BCUT2D eigenvalue weighted by Gasteiger charge is 2.27. The summed E-state index contributed by atoms with van der Waals surface area (Å²) in [4.78, 5) is 6.56.